The van der Waals surface area contributed by atoms with Crippen LogP contribution in [-0.4, -0.2) is 25.2 Å². The van der Waals surface area contributed by atoms with Gasteiger partial charge in [-0.1, -0.05) is 12.1 Å². The maximum atomic E-state index is 10.9. The molecule has 0 unspecified atom stereocenters. The van der Waals surface area contributed by atoms with Crippen molar-refractivity contribution in [3.05, 3.63) is 35.4 Å². The Hall–Kier alpha value is -1.39. The van der Waals surface area contributed by atoms with Crippen molar-refractivity contribution >= 4 is 5.91 Å². The Morgan fingerprint density at radius 1 is 1.41 bits per heavy atom. The minimum atomic E-state index is -0.385. The van der Waals surface area contributed by atoms with Gasteiger partial charge in [0.05, 0.1) is 6.10 Å². The van der Waals surface area contributed by atoms with E-state index in [0.717, 1.165) is 31.7 Å². The molecule has 1 aromatic carbocycles. The lowest BCUT2D eigenvalue weighted by Crippen LogP contribution is -2.25. The van der Waals surface area contributed by atoms with Gasteiger partial charge in [0.25, 0.3) is 0 Å². The smallest absolute Gasteiger partial charge is 0.248 e. The van der Waals surface area contributed by atoms with Crippen molar-refractivity contribution in [2.24, 2.45) is 5.73 Å². The maximum absolute atomic E-state index is 10.9. The van der Waals surface area contributed by atoms with Gasteiger partial charge in [-0.15, -0.1) is 0 Å². The molecule has 3 N–H and O–H groups in total. The topological polar surface area (TPSA) is 64.4 Å². The van der Waals surface area contributed by atoms with Crippen LogP contribution >= 0.6 is 0 Å². The first-order chi connectivity index (χ1) is 8.25. The normalized spacial score (nSPS) is 19.4. The molecule has 92 valence electrons. The summed E-state index contributed by atoms with van der Waals surface area (Å²) < 4.78 is 5.52. The first kappa shape index (κ1) is 12.1. The average molecular weight is 234 g/mol. The highest BCUT2D eigenvalue weighted by Crippen LogP contribution is 2.11. The predicted octanol–water partition coefficient (Wildman–Crippen LogP) is 1.05. The third-order valence-electron chi connectivity index (χ3n) is 2.96. The molecule has 4 nitrogen and oxygen atoms in total. The Bertz CT molecular complexity index is 370. The van der Waals surface area contributed by atoms with Crippen LogP contribution in [0.5, 0.6) is 0 Å². The molecular formula is C13H18N2O2. The number of benzene rings is 1. The second-order valence-electron chi connectivity index (χ2n) is 4.33. The van der Waals surface area contributed by atoms with Crippen molar-refractivity contribution in [2.45, 2.75) is 25.5 Å². The molecular weight excluding hydrogens is 216 g/mol. The van der Waals surface area contributed by atoms with E-state index in [1.807, 2.05) is 12.1 Å². The molecule has 1 saturated heterocycles. The molecule has 0 bridgehead atoms. The van der Waals surface area contributed by atoms with Crippen molar-refractivity contribution in [2.75, 3.05) is 13.2 Å². The van der Waals surface area contributed by atoms with Crippen LogP contribution in [0.4, 0.5) is 0 Å². The number of carbonyl (C=O) groups excluding carboxylic acids is 1. The van der Waals surface area contributed by atoms with Crippen molar-refractivity contribution < 1.29 is 9.53 Å². The van der Waals surface area contributed by atoms with Crippen LogP contribution in [0, 0.1) is 0 Å². The number of ether oxygens (including phenoxy) is 1. The lowest BCUT2D eigenvalue weighted by atomic mass is 10.1. The molecule has 1 aromatic rings. The molecule has 1 heterocycles. The zero-order valence-electron chi connectivity index (χ0n) is 9.82. The monoisotopic (exact) mass is 234 g/mol. The molecule has 0 saturated carbocycles. The fraction of sp³-hybridized carbons (Fsp3) is 0.462. The zero-order valence-corrected chi connectivity index (χ0v) is 9.82. The van der Waals surface area contributed by atoms with Crippen LogP contribution in [0.3, 0.4) is 0 Å². The van der Waals surface area contributed by atoms with E-state index in [4.69, 9.17) is 10.5 Å². The molecule has 0 aliphatic carbocycles. The van der Waals surface area contributed by atoms with E-state index in [2.05, 4.69) is 5.32 Å². The van der Waals surface area contributed by atoms with Crippen molar-refractivity contribution in [3.8, 4) is 0 Å². The highest BCUT2D eigenvalue weighted by Gasteiger charge is 2.14. The van der Waals surface area contributed by atoms with Crippen LogP contribution in [0.15, 0.2) is 24.3 Å². The molecule has 1 aliphatic heterocycles. The quantitative estimate of drug-likeness (QED) is 0.800. The molecule has 1 aliphatic rings. The molecule has 17 heavy (non-hydrogen) atoms. The lowest BCUT2D eigenvalue weighted by Gasteiger charge is -2.10. The van der Waals surface area contributed by atoms with E-state index in [9.17, 15) is 4.79 Å². The summed E-state index contributed by atoms with van der Waals surface area (Å²) >= 11 is 0. The number of primary amides is 1. The van der Waals surface area contributed by atoms with Gasteiger partial charge in [-0.25, -0.2) is 0 Å². The summed E-state index contributed by atoms with van der Waals surface area (Å²) in [5.74, 6) is -0.385. The largest absolute Gasteiger partial charge is 0.377 e. The Balaban J connectivity index is 1.76. The van der Waals surface area contributed by atoms with Gasteiger partial charge in [-0.05, 0) is 30.5 Å². The Kier molecular flexibility index (Phi) is 4.12. The summed E-state index contributed by atoms with van der Waals surface area (Å²) in [6.45, 7) is 2.57. The molecule has 1 atom stereocenters. The van der Waals surface area contributed by atoms with E-state index in [0.29, 0.717) is 11.7 Å². The fourth-order valence-corrected chi connectivity index (χ4v) is 1.97. The van der Waals surface area contributed by atoms with Gasteiger partial charge in [0.15, 0.2) is 0 Å². The number of nitrogens with one attached hydrogen (secondary N) is 1. The van der Waals surface area contributed by atoms with Crippen LogP contribution < -0.4 is 11.1 Å². The van der Waals surface area contributed by atoms with E-state index in [1.165, 1.54) is 6.42 Å². The highest BCUT2D eigenvalue weighted by atomic mass is 16.5. The number of rotatable bonds is 5. The molecule has 2 rings (SSSR count). The third-order valence-corrected chi connectivity index (χ3v) is 2.96. The van der Waals surface area contributed by atoms with Crippen LogP contribution in [0.2, 0.25) is 0 Å². The molecule has 0 spiro atoms. The van der Waals surface area contributed by atoms with Crippen LogP contribution in [-0.2, 0) is 11.3 Å². The second-order valence-corrected chi connectivity index (χ2v) is 4.33. The fourth-order valence-electron chi connectivity index (χ4n) is 1.97. The molecule has 0 radical (unpaired) electrons. The van der Waals surface area contributed by atoms with Crippen LogP contribution in [0.25, 0.3) is 0 Å². The van der Waals surface area contributed by atoms with Gasteiger partial charge >= 0.3 is 0 Å². The van der Waals surface area contributed by atoms with E-state index in [1.54, 1.807) is 12.1 Å². The lowest BCUT2D eigenvalue weighted by molar-refractivity contribution is 0.100. The maximum Gasteiger partial charge on any atom is 0.248 e. The van der Waals surface area contributed by atoms with Crippen LogP contribution in [0.1, 0.15) is 28.8 Å². The van der Waals surface area contributed by atoms with Gasteiger partial charge in [0, 0.05) is 25.3 Å². The van der Waals surface area contributed by atoms with Gasteiger partial charge in [0.2, 0.25) is 5.91 Å². The number of hydrogen-bond donors (Lipinski definition) is 2. The first-order valence-corrected chi connectivity index (χ1v) is 5.97. The predicted molar refractivity (Wildman–Crippen MR) is 65.6 cm³/mol. The van der Waals surface area contributed by atoms with Gasteiger partial charge in [-0.3, -0.25) is 4.79 Å². The summed E-state index contributed by atoms with van der Waals surface area (Å²) in [6.07, 6.45) is 2.67. The van der Waals surface area contributed by atoms with Crippen molar-refractivity contribution in [1.82, 2.24) is 5.32 Å². The molecule has 1 amide bonds. The average Bonchev–Trinajstić information content (AvgIpc) is 2.83. The van der Waals surface area contributed by atoms with Gasteiger partial charge in [-0.2, -0.15) is 0 Å². The summed E-state index contributed by atoms with van der Waals surface area (Å²) in [7, 11) is 0. The Morgan fingerprint density at radius 3 is 2.76 bits per heavy atom. The van der Waals surface area contributed by atoms with Crippen molar-refractivity contribution in [1.29, 1.82) is 0 Å². The van der Waals surface area contributed by atoms with Gasteiger partial charge in [0.1, 0.15) is 0 Å². The standard InChI is InChI=1S/C13H18N2O2/c14-13(16)11-5-3-10(4-6-11)8-15-9-12-2-1-7-17-12/h3-6,12,15H,1-2,7-9H2,(H2,14,16)/t12-/m1/s1. The summed E-state index contributed by atoms with van der Waals surface area (Å²) in [6, 6.07) is 7.35. The summed E-state index contributed by atoms with van der Waals surface area (Å²) in [5, 5.41) is 3.35. The van der Waals surface area contributed by atoms with Gasteiger partial charge < -0.3 is 15.8 Å². The van der Waals surface area contributed by atoms with Crippen molar-refractivity contribution in [3.63, 3.8) is 0 Å². The van der Waals surface area contributed by atoms with E-state index < -0.39 is 0 Å². The Morgan fingerprint density at radius 2 is 2.18 bits per heavy atom. The molecule has 4 heteroatoms. The minimum absolute atomic E-state index is 0.361. The SMILES string of the molecule is NC(=O)c1ccc(CNC[C@H]2CCCO2)cc1. The number of amides is 1. The minimum Gasteiger partial charge on any atom is -0.377 e. The first-order valence-electron chi connectivity index (χ1n) is 5.97. The zero-order chi connectivity index (χ0) is 12.1. The number of nitrogens with two attached hydrogens (primary N) is 1. The highest BCUT2D eigenvalue weighted by molar-refractivity contribution is 5.92. The van der Waals surface area contributed by atoms with E-state index in [-0.39, 0.29) is 5.91 Å². The summed E-state index contributed by atoms with van der Waals surface area (Å²) in [4.78, 5) is 10.9. The summed E-state index contributed by atoms with van der Waals surface area (Å²) in [5.41, 5.74) is 6.87. The number of hydrogen-bond acceptors (Lipinski definition) is 3. The molecule has 1 fully saturated rings. The Labute approximate surface area is 101 Å². The second kappa shape index (κ2) is 5.80. The molecule has 0 aromatic heterocycles. The van der Waals surface area contributed by atoms with E-state index >= 15 is 0 Å². The number of carbonyl (C=O) groups is 1. The third kappa shape index (κ3) is 3.54.